The molecular formula is C22H22N2O3. The van der Waals surface area contributed by atoms with Gasteiger partial charge in [-0.1, -0.05) is 44.2 Å². The number of Topliss-reactive ketones (excluding diaryl/α,β-unsaturated/α-hetero) is 1. The number of nitrogens with zero attached hydrogens (tertiary/aromatic N) is 2. The molecule has 4 rings (SSSR count). The second-order valence-electron chi connectivity index (χ2n) is 7.54. The minimum absolute atomic E-state index is 0.0672. The van der Waals surface area contributed by atoms with Crippen LogP contribution in [0.25, 0.3) is 0 Å². The number of anilines is 2. The third kappa shape index (κ3) is 2.57. The Morgan fingerprint density at radius 3 is 2.33 bits per heavy atom. The molecule has 0 saturated carbocycles. The second kappa shape index (κ2) is 6.34. The first-order valence-corrected chi connectivity index (χ1v) is 9.30. The van der Waals surface area contributed by atoms with Gasteiger partial charge in [-0.3, -0.25) is 19.3 Å². The molecule has 2 aliphatic rings. The SMILES string of the molecule is CC(C)C(=O)N1c2ccccc2C(N2C(=O)C(=O)c3ccccc32)CC1C. The summed E-state index contributed by atoms with van der Waals surface area (Å²) < 4.78 is 0. The van der Waals surface area contributed by atoms with Crippen molar-refractivity contribution in [3.63, 3.8) is 0 Å². The molecule has 2 aromatic rings. The van der Waals surface area contributed by atoms with E-state index in [1.54, 1.807) is 17.0 Å². The Morgan fingerprint density at radius 2 is 1.63 bits per heavy atom. The molecule has 138 valence electrons. The zero-order chi connectivity index (χ0) is 19.3. The molecule has 0 fully saturated rings. The number of hydrogen-bond donors (Lipinski definition) is 0. The molecule has 5 heteroatoms. The van der Waals surface area contributed by atoms with Gasteiger partial charge in [-0.2, -0.15) is 0 Å². The summed E-state index contributed by atoms with van der Waals surface area (Å²) in [7, 11) is 0. The number of benzene rings is 2. The molecule has 0 spiro atoms. The molecular weight excluding hydrogens is 340 g/mol. The van der Waals surface area contributed by atoms with Crippen LogP contribution in [0.5, 0.6) is 0 Å². The topological polar surface area (TPSA) is 57.7 Å². The number of carbonyl (C=O) groups excluding carboxylic acids is 3. The lowest BCUT2D eigenvalue weighted by Crippen LogP contribution is -2.48. The van der Waals surface area contributed by atoms with Gasteiger partial charge in [-0.05, 0) is 37.1 Å². The monoisotopic (exact) mass is 362 g/mol. The van der Waals surface area contributed by atoms with E-state index >= 15 is 0 Å². The Hall–Kier alpha value is -2.95. The van der Waals surface area contributed by atoms with E-state index in [0.717, 1.165) is 11.3 Å². The molecule has 5 nitrogen and oxygen atoms in total. The highest BCUT2D eigenvalue weighted by molar-refractivity contribution is 6.52. The van der Waals surface area contributed by atoms with Crippen molar-refractivity contribution >= 4 is 29.0 Å². The average Bonchev–Trinajstić information content (AvgIpc) is 2.91. The third-order valence-corrected chi connectivity index (χ3v) is 5.42. The van der Waals surface area contributed by atoms with Crippen molar-refractivity contribution in [3.8, 4) is 0 Å². The van der Waals surface area contributed by atoms with Gasteiger partial charge >= 0.3 is 0 Å². The molecule has 0 N–H and O–H groups in total. The van der Waals surface area contributed by atoms with Gasteiger partial charge in [-0.25, -0.2) is 0 Å². The lowest BCUT2D eigenvalue weighted by Gasteiger charge is -2.43. The number of fused-ring (bicyclic) bond motifs is 2. The fraction of sp³-hybridized carbons (Fsp3) is 0.318. The van der Waals surface area contributed by atoms with Crippen LogP contribution in [0.2, 0.25) is 0 Å². The van der Waals surface area contributed by atoms with E-state index < -0.39 is 11.7 Å². The summed E-state index contributed by atoms with van der Waals surface area (Å²) in [6.45, 7) is 5.78. The molecule has 0 radical (unpaired) electrons. The van der Waals surface area contributed by atoms with E-state index in [2.05, 4.69) is 0 Å². The summed E-state index contributed by atoms with van der Waals surface area (Å²) in [5.74, 6) is -1.01. The number of ketones is 1. The molecule has 2 unspecified atom stereocenters. The van der Waals surface area contributed by atoms with Gasteiger partial charge in [0, 0.05) is 17.6 Å². The summed E-state index contributed by atoms with van der Waals surface area (Å²) in [4.78, 5) is 41.5. The summed E-state index contributed by atoms with van der Waals surface area (Å²) in [6, 6.07) is 14.5. The highest BCUT2D eigenvalue weighted by Gasteiger charge is 2.44. The molecule has 2 aliphatic heterocycles. The highest BCUT2D eigenvalue weighted by Crippen LogP contribution is 2.45. The predicted molar refractivity (Wildman–Crippen MR) is 104 cm³/mol. The van der Waals surface area contributed by atoms with Gasteiger partial charge in [0.05, 0.1) is 17.3 Å². The zero-order valence-electron chi connectivity index (χ0n) is 15.7. The van der Waals surface area contributed by atoms with Gasteiger partial charge in [0.1, 0.15) is 0 Å². The largest absolute Gasteiger partial charge is 0.309 e. The maximum atomic E-state index is 12.8. The van der Waals surface area contributed by atoms with Crippen molar-refractivity contribution in [1.82, 2.24) is 0 Å². The Kier molecular flexibility index (Phi) is 4.10. The quantitative estimate of drug-likeness (QED) is 0.765. The number of carbonyl (C=O) groups is 3. The number of hydrogen-bond acceptors (Lipinski definition) is 3. The molecule has 27 heavy (non-hydrogen) atoms. The fourth-order valence-corrected chi connectivity index (χ4v) is 4.16. The van der Waals surface area contributed by atoms with E-state index in [-0.39, 0.29) is 23.9 Å². The van der Waals surface area contributed by atoms with Crippen LogP contribution in [0.15, 0.2) is 48.5 Å². The summed E-state index contributed by atoms with van der Waals surface area (Å²) >= 11 is 0. The maximum Gasteiger partial charge on any atom is 0.300 e. The van der Waals surface area contributed by atoms with Crippen LogP contribution >= 0.6 is 0 Å². The van der Waals surface area contributed by atoms with Crippen LogP contribution < -0.4 is 9.80 Å². The summed E-state index contributed by atoms with van der Waals surface area (Å²) in [5.41, 5.74) is 2.84. The number of rotatable bonds is 2. The minimum atomic E-state index is -0.494. The fourth-order valence-electron chi connectivity index (χ4n) is 4.16. The van der Waals surface area contributed by atoms with E-state index in [1.807, 2.05) is 62.1 Å². The van der Waals surface area contributed by atoms with Crippen molar-refractivity contribution in [2.24, 2.45) is 5.92 Å². The van der Waals surface area contributed by atoms with Crippen LogP contribution in [0.3, 0.4) is 0 Å². The van der Waals surface area contributed by atoms with E-state index in [0.29, 0.717) is 17.7 Å². The minimum Gasteiger partial charge on any atom is -0.309 e. The lowest BCUT2D eigenvalue weighted by atomic mass is 9.89. The van der Waals surface area contributed by atoms with Crippen molar-refractivity contribution in [2.75, 3.05) is 9.80 Å². The zero-order valence-corrected chi connectivity index (χ0v) is 15.7. The van der Waals surface area contributed by atoms with E-state index in [1.165, 1.54) is 0 Å². The van der Waals surface area contributed by atoms with Crippen molar-refractivity contribution in [2.45, 2.75) is 39.3 Å². The predicted octanol–water partition coefficient (Wildman–Crippen LogP) is 3.74. The van der Waals surface area contributed by atoms with Crippen LogP contribution in [0, 0.1) is 5.92 Å². The molecule has 2 aromatic carbocycles. The first-order valence-electron chi connectivity index (χ1n) is 9.30. The molecule has 2 amide bonds. The molecule has 0 bridgehead atoms. The Labute approximate surface area is 158 Å². The number of para-hydroxylation sites is 2. The maximum absolute atomic E-state index is 12.8. The van der Waals surface area contributed by atoms with Crippen LogP contribution in [-0.2, 0) is 9.59 Å². The van der Waals surface area contributed by atoms with Gasteiger partial charge in [0.25, 0.3) is 11.7 Å². The third-order valence-electron chi connectivity index (χ3n) is 5.42. The first-order chi connectivity index (χ1) is 12.9. The highest BCUT2D eigenvalue weighted by atomic mass is 16.2. The van der Waals surface area contributed by atoms with Gasteiger partial charge in [0.15, 0.2) is 0 Å². The average molecular weight is 362 g/mol. The molecule has 0 saturated heterocycles. The van der Waals surface area contributed by atoms with Crippen molar-refractivity contribution < 1.29 is 14.4 Å². The lowest BCUT2D eigenvalue weighted by molar-refractivity contribution is -0.122. The van der Waals surface area contributed by atoms with E-state index in [9.17, 15) is 14.4 Å². The molecule has 0 aromatic heterocycles. The van der Waals surface area contributed by atoms with E-state index in [4.69, 9.17) is 0 Å². The Bertz CT molecular complexity index is 950. The second-order valence-corrected chi connectivity index (χ2v) is 7.54. The molecule has 2 heterocycles. The van der Waals surface area contributed by atoms with Crippen LogP contribution in [0.1, 0.15) is 49.2 Å². The van der Waals surface area contributed by atoms with Crippen LogP contribution in [-0.4, -0.2) is 23.6 Å². The summed E-state index contributed by atoms with van der Waals surface area (Å²) in [6.07, 6.45) is 0.586. The first kappa shape index (κ1) is 17.5. The number of amides is 2. The Balaban J connectivity index is 1.84. The standard InChI is InChI=1S/C22H22N2O3/c1-13(2)21(26)23-14(3)12-19(15-8-4-6-10-17(15)23)24-18-11-7-5-9-16(18)20(25)22(24)27/h4-11,13-14,19H,12H2,1-3H3. The smallest absolute Gasteiger partial charge is 0.300 e. The van der Waals surface area contributed by atoms with Crippen LogP contribution in [0.4, 0.5) is 11.4 Å². The van der Waals surface area contributed by atoms with Crippen molar-refractivity contribution in [3.05, 3.63) is 59.7 Å². The normalized spacial score (nSPS) is 21.5. The van der Waals surface area contributed by atoms with Gasteiger partial charge in [-0.15, -0.1) is 0 Å². The molecule has 0 aliphatic carbocycles. The van der Waals surface area contributed by atoms with Crippen molar-refractivity contribution in [1.29, 1.82) is 0 Å². The summed E-state index contributed by atoms with van der Waals surface area (Å²) in [5, 5.41) is 0. The van der Waals surface area contributed by atoms with Gasteiger partial charge < -0.3 is 4.90 Å². The Morgan fingerprint density at radius 1 is 1.00 bits per heavy atom. The van der Waals surface area contributed by atoms with Gasteiger partial charge in [0.2, 0.25) is 5.91 Å². The molecule has 2 atom stereocenters.